The number of anilines is 1. The first-order valence-corrected chi connectivity index (χ1v) is 7.37. The van der Waals surface area contributed by atoms with Gasteiger partial charge in [-0.3, -0.25) is 0 Å². The minimum absolute atomic E-state index is 0.115. The fourth-order valence-corrected chi connectivity index (χ4v) is 2.23. The highest BCUT2D eigenvalue weighted by Gasteiger charge is 2.03. The number of aromatic nitrogens is 2. The number of hydrogen-bond acceptors (Lipinski definition) is 5. The monoisotopic (exact) mass is 310 g/mol. The molecule has 3 N–H and O–H groups in total. The number of aromatic amines is 1. The van der Waals surface area contributed by atoms with Gasteiger partial charge in [-0.25, -0.2) is 10.4 Å². The van der Waals surface area contributed by atoms with Crippen molar-refractivity contribution in [3.05, 3.63) is 47.5 Å². The van der Waals surface area contributed by atoms with Crippen LogP contribution in [0.4, 0.5) is 5.95 Å². The van der Waals surface area contributed by atoms with E-state index in [1.807, 2.05) is 32.0 Å². The van der Waals surface area contributed by atoms with Gasteiger partial charge in [0.05, 0.1) is 23.9 Å². The number of phenolic OH excluding ortho intramolecular Hbond substituents is 1. The van der Waals surface area contributed by atoms with Crippen molar-refractivity contribution in [2.75, 3.05) is 12.0 Å². The van der Waals surface area contributed by atoms with Crippen LogP contribution in [0.2, 0.25) is 0 Å². The molecule has 6 nitrogen and oxygen atoms in total. The van der Waals surface area contributed by atoms with Crippen molar-refractivity contribution < 1.29 is 9.84 Å². The standard InChI is InChI=1S/C17H18N4O2/c1-3-23-16-9-12(5-7-15(16)22)10-18-21-17-19-13-6-4-11(2)8-14(13)20-17/h4-10,22H,3H2,1-2H3,(H2,19,20,21)/b18-10-. The average Bonchev–Trinajstić information content (AvgIpc) is 2.92. The topological polar surface area (TPSA) is 82.5 Å². The summed E-state index contributed by atoms with van der Waals surface area (Å²) < 4.78 is 5.34. The molecule has 0 spiro atoms. The summed E-state index contributed by atoms with van der Waals surface area (Å²) in [5.74, 6) is 1.13. The summed E-state index contributed by atoms with van der Waals surface area (Å²) in [6, 6.07) is 11.1. The normalized spacial score (nSPS) is 11.2. The summed E-state index contributed by atoms with van der Waals surface area (Å²) >= 11 is 0. The fraction of sp³-hybridized carbons (Fsp3) is 0.176. The first-order chi connectivity index (χ1) is 11.2. The van der Waals surface area contributed by atoms with E-state index in [2.05, 4.69) is 20.5 Å². The van der Waals surface area contributed by atoms with Crippen LogP contribution < -0.4 is 10.2 Å². The Hall–Kier alpha value is -3.02. The van der Waals surface area contributed by atoms with Crippen molar-refractivity contribution in [2.24, 2.45) is 5.10 Å². The van der Waals surface area contributed by atoms with E-state index in [-0.39, 0.29) is 5.75 Å². The lowest BCUT2D eigenvalue weighted by Crippen LogP contribution is -1.95. The zero-order chi connectivity index (χ0) is 16.2. The van der Waals surface area contributed by atoms with Crippen LogP contribution in [-0.2, 0) is 0 Å². The number of nitrogens with one attached hydrogen (secondary N) is 2. The second-order valence-corrected chi connectivity index (χ2v) is 5.14. The lowest BCUT2D eigenvalue weighted by molar-refractivity contribution is 0.318. The predicted octanol–water partition coefficient (Wildman–Crippen LogP) is 3.42. The van der Waals surface area contributed by atoms with E-state index in [9.17, 15) is 5.11 Å². The van der Waals surface area contributed by atoms with Gasteiger partial charge in [0.25, 0.3) is 0 Å². The molecule has 6 heteroatoms. The zero-order valence-electron chi connectivity index (χ0n) is 13.0. The Labute approximate surface area is 133 Å². The highest BCUT2D eigenvalue weighted by molar-refractivity contribution is 5.82. The predicted molar refractivity (Wildman–Crippen MR) is 91.3 cm³/mol. The minimum atomic E-state index is 0.115. The third-order valence-electron chi connectivity index (χ3n) is 3.31. The Bertz CT molecular complexity index is 855. The third-order valence-corrected chi connectivity index (χ3v) is 3.31. The third kappa shape index (κ3) is 3.42. The van der Waals surface area contributed by atoms with Gasteiger partial charge in [-0.1, -0.05) is 6.07 Å². The molecule has 0 bridgehead atoms. The second-order valence-electron chi connectivity index (χ2n) is 5.14. The van der Waals surface area contributed by atoms with Gasteiger partial charge in [0.15, 0.2) is 11.5 Å². The average molecular weight is 310 g/mol. The summed E-state index contributed by atoms with van der Waals surface area (Å²) in [5, 5.41) is 13.8. The molecule has 3 aromatic rings. The van der Waals surface area contributed by atoms with Crippen LogP contribution in [0.25, 0.3) is 11.0 Å². The van der Waals surface area contributed by atoms with E-state index in [1.54, 1.807) is 24.4 Å². The van der Waals surface area contributed by atoms with Crippen molar-refractivity contribution in [1.82, 2.24) is 9.97 Å². The SMILES string of the molecule is CCOc1cc(/C=N\Nc2nc3ccc(C)cc3[nH]2)ccc1O. The quantitative estimate of drug-likeness (QED) is 0.498. The van der Waals surface area contributed by atoms with Crippen LogP contribution >= 0.6 is 0 Å². The number of imidazole rings is 1. The minimum Gasteiger partial charge on any atom is -0.504 e. The lowest BCUT2D eigenvalue weighted by atomic mass is 10.2. The zero-order valence-corrected chi connectivity index (χ0v) is 13.0. The van der Waals surface area contributed by atoms with E-state index < -0.39 is 0 Å². The summed E-state index contributed by atoms with van der Waals surface area (Å²) in [4.78, 5) is 7.56. The van der Waals surface area contributed by atoms with Crippen LogP contribution in [0.5, 0.6) is 11.5 Å². The highest BCUT2D eigenvalue weighted by atomic mass is 16.5. The van der Waals surface area contributed by atoms with Gasteiger partial charge in [-0.2, -0.15) is 5.10 Å². The molecule has 23 heavy (non-hydrogen) atoms. The number of hydrogen-bond donors (Lipinski definition) is 3. The lowest BCUT2D eigenvalue weighted by Gasteiger charge is -2.05. The van der Waals surface area contributed by atoms with Crippen molar-refractivity contribution in [3.63, 3.8) is 0 Å². The second kappa shape index (κ2) is 6.39. The molecule has 0 fully saturated rings. The number of nitrogens with zero attached hydrogens (tertiary/aromatic N) is 2. The molecule has 0 saturated heterocycles. The molecule has 0 unspecified atom stereocenters. The number of benzene rings is 2. The van der Waals surface area contributed by atoms with Gasteiger partial charge in [-0.15, -0.1) is 0 Å². The summed E-state index contributed by atoms with van der Waals surface area (Å²) in [5.41, 5.74) is 6.70. The Morgan fingerprint density at radius 1 is 1.30 bits per heavy atom. The van der Waals surface area contributed by atoms with Crippen molar-refractivity contribution in [2.45, 2.75) is 13.8 Å². The van der Waals surface area contributed by atoms with Gasteiger partial charge in [0.1, 0.15) is 0 Å². The van der Waals surface area contributed by atoms with Crippen LogP contribution in [0.3, 0.4) is 0 Å². The Balaban J connectivity index is 1.73. The van der Waals surface area contributed by atoms with E-state index in [0.29, 0.717) is 18.3 Å². The first kappa shape index (κ1) is 14.9. The molecule has 0 aliphatic rings. The number of ether oxygens (including phenoxy) is 1. The number of hydrazone groups is 1. The molecule has 3 rings (SSSR count). The molecular weight excluding hydrogens is 292 g/mol. The van der Waals surface area contributed by atoms with E-state index in [4.69, 9.17) is 4.74 Å². The molecule has 0 radical (unpaired) electrons. The fourth-order valence-electron chi connectivity index (χ4n) is 2.23. The van der Waals surface area contributed by atoms with Crippen molar-refractivity contribution in [1.29, 1.82) is 0 Å². The van der Waals surface area contributed by atoms with Gasteiger partial charge in [0.2, 0.25) is 5.95 Å². The summed E-state index contributed by atoms with van der Waals surface area (Å²) in [6.07, 6.45) is 1.64. The maximum absolute atomic E-state index is 9.67. The van der Waals surface area contributed by atoms with Crippen LogP contribution in [0.15, 0.2) is 41.5 Å². The Kier molecular flexibility index (Phi) is 4.14. The van der Waals surface area contributed by atoms with Crippen LogP contribution in [-0.4, -0.2) is 27.9 Å². The summed E-state index contributed by atoms with van der Waals surface area (Å²) in [6.45, 7) is 4.39. The first-order valence-electron chi connectivity index (χ1n) is 7.37. The number of fused-ring (bicyclic) bond motifs is 1. The van der Waals surface area contributed by atoms with Crippen LogP contribution in [0.1, 0.15) is 18.1 Å². The number of rotatable bonds is 5. The van der Waals surface area contributed by atoms with Gasteiger partial charge >= 0.3 is 0 Å². The number of aromatic hydroxyl groups is 1. The molecule has 2 aromatic carbocycles. The molecule has 1 heterocycles. The number of aryl methyl sites for hydroxylation is 1. The molecule has 0 aliphatic heterocycles. The molecule has 0 aliphatic carbocycles. The van der Waals surface area contributed by atoms with Gasteiger partial charge in [-0.05, 0) is 55.3 Å². The van der Waals surface area contributed by atoms with Crippen molar-refractivity contribution in [3.8, 4) is 11.5 Å². The van der Waals surface area contributed by atoms with Gasteiger partial charge in [0, 0.05) is 0 Å². The van der Waals surface area contributed by atoms with E-state index >= 15 is 0 Å². The van der Waals surface area contributed by atoms with E-state index in [1.165, 1.54) is 5.56 Å². The number of phenols is 1. The number of H-pyrrole nitrogens is 1. The van der Waals surface area contributed by atoms with Crippen LogP contribution in [0, 0.1) is 6.92 Å². The largest absolute Gasteiger partial charge is 0.504 e. The maximum atomic E-state index is 9.67. The molecule has 0 amide bonds. The molecule has 0 saturated carbocycles. The Morgan fingerprint density at radius 3 is 3.00 bits per heavy atom. The molecule has 1 aromatic heterocycles. The summed E-state index contributed by atoms with van der Waals surface area (Å²) in [7, 11) is 0. The van der Waals surface area contributed by atoms with Gasteiger partial charge < -0.3 is 14.8 Å². The maximum Gasteiger partial charge on any atom is 0.222 e. The smallest absolute Gasteiger partial charge is 0.222 e. The molecular formula is C17H18N4O2. The highest BCUT2D eigenvalue weighted by Crippen LogP contribution is 2.26. The Morgan fingerprint density at radius 2 is 2.17 bits per heavy atom. The van der Waals surface area contributed by atoms with E-state index in [0.717, 1.165) is 16.6 Å². The van der Waals surface area contributed by atoms with Crippen molar-refractivity contribution >= 4 is 23.2 Å². The molecule has 118 valence electrons. The molecule has 0 atom stereocenters.